The summed E-state index contributed by atoms with van der Waals surface area (Å²) in [5.74, 6) is 0. The predicted molar refractivity (Wildman–Crippen MR) is 189 cm³/mol. The molecule has 0 saturated carbocycles. The third-order valence-electron chi connectivity index (χ3n) is 8.17. The second-order valence-corrected chi connectivity index (χ2v) is 11.2. The van der Waals surface area contributed by atoms with Crippen LogP contribution in [0.2, 0.25) is 0 Å². The van der Waals surface area contributed by atoms with Gasteiger partial charge < -0.3 is 9.80 Å². The van der Waals surface area contributed by atoms with E-state index in [1.165, 1.54) is 35.1 Å². The van der Waals surface area contributed by atoms with E-state index in [1.807, 2.05) is 0 Å². The molecule has 0 amide bonds. The number of anilines is 6. The largest absolute Gasteiger partial charge is 0.310 e. The molecule has 0 N–H and O–H groups in total. The lowest BCUT2D eigenvalue weighted by Gasteiger charge is -2.30. The van der Waals surface area contributed by atoms with Gasteiger partial charge in [-0.2, -0.15) is 0 Å². The van der Waals surface area contributed by atoms with Crippen LogP contribution in [-0.4, -0.2) is 0 Å². The molecule has 0 aliphatic rings. The Morgan fingerprint density at radius 2 is 0.818 bits per heavy atom. The highest BCUT2D eigenvalue weighted by molar-refractivity contribution is 5.87. The van der Waals surface area contributed by atoms with Gasteiger partial charge >= 0.3 is 0 Å². The van der Waals surface area contributed by atoms with Crippen LogP contribution >= 0.6 is 0 Å². The Kier molecular flexibility index (Phi) is 9.18. The van der Waals surface area contributed by atoms with Crippen molar-refractivity contribution in [3.63, 3.8) is 0 Å². The maximum Gasteiger partial charge on any atom is 0.0488 e. The van der Waals surface area contributed by atoms with Crippen molar-refractivity contribution < 1.29 is 0 Å². The number of para-hydroxylation sites is 2. The number of hydrogen-bond acceptors (Lipinski definition) is 2. The van der Waals surface area contributed by atoms with Gasteiger partial charge in [0.2, 0.25) is 0 Å². The van der Waals surface area contributed by atoms with Crippen molar-refractivity contribution in [3.05, 3.63) is 169 Å². The molecule has 6 rings (SSSR count). The first kappa shape index (κ1) is 29.0. The molecule has 2 heteroatoms. The molecule has 0 aliphatic heterocycles. The summed E-state index contributed by atoms with van der Waals surface area (Å²) in [7, 11) is 0. The Morgan fingerprint density at radius 1 is 0.386 bits per heavy atom. The molecule has 0 saturated heterocycles. The fraction of sp³-hybridized carbons (Fsp3) is 0.143. The smallest absolute Gasteiger partial charge is 0.0488 e. The van der Waals surface area contributed by atoms with Gasteiger partial charge in [-0.3, -0.25) is 0 Å². The quantitative estimate of drug-likeness (QED) is 0.152. The van der Waals surface area contributed by atoms with E-state index in [4.69, 9.17) is 0 Å². The van der Waals surface area contributed by atoms with E-state index < -0.39 is 0 Å². The molecule has 0 aliphatic carbocycles. The average Bonchev–Trinajstić information content (AvgIpc) is 3.10. The van der Waals surface area contributed by atoms with Crippen molar-refractivity contribution in [2.75, 3.05) is 9.80 Å². The van der Waals surface area contributed by atoms with Crippen molar-refractivity contribution in [2.45, 2.75) is 39.5 Å². The van der Waals surface area contributed by atoms with Crippen LogP contribution in [0.3, 0.4) is 0 Å². The van der Waals surface area contributed by atoms with E-state index in [2.05, 4.69) is 181 Å². The molecular weight excluding hydrogens is 532 g/mol. The van der Waals surface area contributed by atoms with Gasteiger partial charge in [0, 0.05) is 34.1 Å². The van der Waals surface area contributed by atoms with Gasteiger partial charge in [-0.05, 0) is 108 Å². The zero-order chi connectivity index (χ0) is 30.1. The second-order valence-electron chi connectivity index (χ2n) is 11.2. The molecule has 0 spiro atoms. The topological polar surface area (TPSA) is 6.48 Å². The Balaban J connectivity index is 1.56. The molecule has 6 aromatic carbocycles. The molecule has 0 atom stereocenters. The third kappa shape index (κ3) is 6.61. The summed E-state index contributed by atoms with van der Waals surface area (Å²) in [5.41, 5.74) is 11.8. The number of benzene rings is 6. The number of hydrogen-bond donors (Lipinski definition) is 0. The van der Waals surface area contributed by atoms with Gasteiger partial charge in [0.1, 0.15) is 0 Å². The van der Waals surface area contributed by atoms with E-state index in [1.54, 1.807) is 0 Å². The van der Waals surface area contributed by atoms with Crippen molar-refractivity contribution in [1.82, 2.24) is 0 Å². The fourth-order valence-electron chi connectivity index (χ4n) is 5.77. The summed E-state index contributed by atoms with van der Waals surface area (Å²) in [4.78, 5) is 4.75. The summed E-state index contributed by atoms with van der Waals surface area (Å²) in [6.07, 6.45) is 4.53. The molecular formula is C42H40N2. The van der Waals surface area contributed by atoms with Crippen molar-refractivity contribution in [3.8, 4) is 11.1 Å². The number of rotatable bonds is 11. The maximum atomic E-state index is 2.38. The third-order valence-corrected chi connectivity index (χ3v) is 8.17. The number of nitrogens with zero attached hydrogens (tertiary/aromatic N) is 2. The van der Waals surface area contributed by atoms with Gasteiger partial charge in [0.25, 0.3) is 0 Å². The highest BCUT2D eigenvalue weighted by Gasteiger charge is 2.19. The highest BCUT2D eigenvalue weighted by Crippen LogP contribution is 2.43. The molecule has 0 fully saturated rings. The van der Waals surface area contributed by atoms with Crippen LogP contribution in [-0.2, 0) is 12.8 Å². The van der Waals surface area contributed by atoms with Gasteiger partial charge in [-0.1, -0.05) is 111 Å². The fourth-order valence-corrected chi connectivity index (χ4v) is 5.77. The first-order valence-corrected chi connectivity index (χ1v) is 15.8. The molecule has 0 heterocycles. The van der Waals surface area contributed by atoms with Gasteiger partial charge in [-0.15, -0.1) is 0 Å². The zero-order valence-corrected chi connectivity index (χ0v) is 25.7. The summed E-state index contributed by atoms with van der Waals surface area (Å²) in [6, 6.07) is 57.1. The van der Waals surface area contributed by atoms with E-state index in [-0.39, 0.29) is 0 Å². The van der Waals surface area contributed by atoms with Gasteiger partial charge in [-0.25, -0.2) is 0 Å². The number of aryl methyl sites for hydroxylation is 2. The first-order valence-electron chi connectivity index (χ1n) is 15.8. The van der Waals surface area contributed by atoms with Crippen LogP contribution in [0.25, 0.3) is 11.1 Å². The van der Waals surface area contributed by atoms with Crippen LogP contribution in [0, 0.1) is 0 Å². The Morgan fingerprint density at radius 3 is 1.27 bits per heavy atom. The van der Waals surface area contributed by atoms with E-state index in [0.717, 1.165) is 47.0 Å². The monoisotopic (exact) mass is 572 g/mol. The van der Waals surface area contributed by atoms with Crippen LogP contribution in [0.1, 0.15) is 37.8 Å². The average molecular weight is 573 g/mol. The summed E-state index contributed by atoms with van der Waals surface area (Å²) < 4.78 is 0. The normalized spacial score (nSPS) is 10.9. The molecule has 0 radical (unpaired) electrons. The highest BCUT2D eigenvalue weighted by atomic mass is 15.2. The molecule has 2 nitrogen and oxygen atoms in total. The molecule has 0 unspecified atom stereocenters. The van der Waals surface area contributed by atoms with E-state index in [0.29, 0.717) is 0 Å². The Bertz CT molecular complexity index is 1740. The Labute approximate surface area is 262 Å². The molecule has 6 aromatic rings. The van der Waals surface area contributed by atoms with Crippen molar-refractivity contribution >= 4 is 34.1 Å². The minimum atomic E-state index is 1.02. The maximum absolute atomic E-state index is 2.38. The summed E-state index contributed by atoms with van der Waals surface area (Å²) in [6.45, 7) is 4.45. The zero-order valence-electron chi connectivity index (χ0n) is 25.7. The molecule has 44 heavy (non-hydrogen) atoms. The summed E-state index contributed by atoms with van der Waals surface area (Å²) >= 11 is 0. The number of unbranched alkanes of at least 4 members (excludes halogenated alkanes) is 1. The van der Waals surface area contributed by atoms with Crippen molar-refractivity contribution in [2.24, 2.45) is 0 Å². The molecule has 0 aromatic heterocycles. The minimum absolute atomic E-state index is 1.02. The standard InChI is InChI=1S/C42H40N2/c1-3-5-15-34-24-28-40(29-25-34)44(38-20-13-8-14-21-38)42-31-36(35-16-9-6-10-17-35)30-41(32-42)43(37-18-11-7-12-19-37)39-26-22-33(4-2)23-27-39/h6-14,16-32H,3-5,15H2,1-2H3. The lowest BCUT2D eigenvalue weighted by molar-refractivity contribution is 0.795. The lowest BCUT2D eigenvalue weighted by Crippen LogP contribution is -2.13. The molecule has 0 bridgehead atoms. The Hall–Kier alpha value is -5.08. The van der Waals surface area contributed by atoms with E-state index >= 15 is 0 Å². The van der Waals surface area contributed by atoms with Crippen LogP contribution in [0.15, 0.2) is 158 Å². The van der Waals surface area contributed by atoms with E-state index in [9.17, 15) is 0 Å². The molecule has 218 valence electrons. The van der Waals surface area contributed by atoms with Crippen LogP contribution in [0.4, 0.5) is 34.1 Å². The van der Waals surface area contributed by atoms with Crippen LogP contribution < -0.4 is 9.80 Å². The minimum Gasteiger partial charge on any atom is -0.310 e. The second kappa shape index (κ2) is 13.9. The lowest BCUT2D eigenvalue weighted by atomic mass is 10.0. The summed E-state index contributed by atoms with van der Waals surface area (Å²) in [5, 5.41) is 0. The van der Waals surface area contributed by atoms with Crippen molar-refractivity contribution in [1.29, 1.82) is 0 Å². The van der Waals surface area contributed by atoms with Crippen LogP contribution in [0.5, 0.6) is 0 Å². The van der Waals surface area contributed by atoms with Gasteiger partial charge in [0.05, 0.1) is 0 Å². The van der Waals surface area contributed by atoms with Gasteiger partial charge in [0.15, 0.2) is 0 Å². The predicted octanol–water partition coefficient (Wildman–Crippen LogP) is 12.2. The SMILES string of the molecule is CCCCc1ccc(N(c2ccccc2)c2cc(-c3ccccc3)cc(N(c3ccccc3)c3ccc(CC)cc3)c2)cc1. The first-order chi connectivity index (χ1) is 21.7.